The monoisotopic (exact) mass is 781 g/mol. The summed E-state index contributed by atoms with van der Waals surface area (Å²) in [5.74, 6) is 1.16. The van der Waals surface area contributed by atoms with Gasteiger partial charge in [-0.05, 0) is 89.2 Å². The van der Waals surface area contributed by atoms with Crippen molar-refractivity contribution >= 4 is 87.8 Å². The minimum atomic E-state index is 0.0293. The Labute approximate surface area is 352 Å². The molecule has 1 aliphatic heterocycles. The van der Waals surface area contributed by atoms with Crippen LogP contribution < -0.4 is 0 Å². The van der Waals surface area contributed by atoms with Gasteiger partial charge < -0.3 is 8.98 Å². The number of hydrogen-bond donors (Lipinski definition) is 0. The molecule has 0 fully saturated rings. The lowest BCUT2D eigenvalue weighted by atomic mass is 9.75. The molecular formula is C57H39N3O. The van der Waals surface area contributed by atoms with Gasteiger partial charge in [0, 0.05) is 60.8 Å². The normalized spacial score (nSPS) is 15.5. The molecule has 288 valence electrons. The van der Waals surface area contributed by atoms with E-state index in [-0.39, 0.29) is 11.8 Å². The lowest BCUT2D eigenvalue weighted by Gasteiger charge is -2.34. The van der Waals surface area contributed by atoms with Crippen LogP contribution in [0.15, 0.2) is 204 Å². The summed E-state index contributed by atoms with van der Waals surface area (Å²) in [7, 11) is 0. The number of fused-ring (bicyclic) bond motifs is 12. The Kier molecular flexibility index (Phi) is 7.38. The summed E-state index contributed by atoms with van der Waals surface area (Å²) >= 11 is 0. The number of aromatic nitrogens is 2. The second-order valence-corrected chi connectivity index (χ2v) is 16.5. The first-order valence-corrected chi connectivity index (χ1v) is 21.4. The average Bonchev–Trinajstić information content (AvgIpc) is 3.98. The maximum Gasteiger partial charge on any atom is 0.143 e. The van der Waals surface area contributed by atoms with Gasteiger partial charge in [0.05, 0.1) is 27.8 Å². The van der Waals surface area contributed by atoms with Crippen molar-refractivity contribution in [1.82, 2.24) is 9.13 Å². The molecule has 0 saturated heterocycles. The molecule has 4 heteroatoms. The number of furan rings is 1. The minimum absolute atomic E-state index is 0.0293. The summed E-state index contributed by atoms with van der Waals surface area (Å²) in [6, 6.07) is 70.7. The second kappa shape index (κ2) is 13.2. The fourth-order valence-electron chi connectivity index (χ4n) is 10.6. The summed E-state index contributed by atoms with van der Waals surface area (Å²) in [5.41, 5.74) is 13.5. The summed E-state index contributed by atoms with van der Waals surface area (Å²) in [6.07, 6.45) is 0.897. The summed E-state index contributed by atoms with van der Waals surface area (Å²) in [5, 5.41) is 9.55. The molecule has 13 rings (SSSR count). The third-order valence-electron chi connectivity index (χ3n) is 13.3. The van der Waals surface area contributed by atoms with Crippen molar-refractivity contribution in [3.8, 4) is 16.8 Å². The van der Waals surface area contributed by atoms with E-state index in [9.17, 15) is 0 Å². The Morgan fingerprint density at radius 1 is 0.475 bits per heavy atom. The molecule has 2 atom stereocenters. The molecule has 4 heterocycles. The topological polar surface area (TPSA) is 35.4 Å². The lowest BCUT2D eigenvalue weighted by Crippen LogP contribution is -2.31. The predicted octanol–water partition coefficient (Wildman–Crippen LogP) is 15.4. The van der Waals surface area contributed by atoms with E-state index in [1.807, 2.05) is 0 Å². The summed E-state index contributed by atoms with van der Waals surface area (Å²) < 4.78 is 11.9. The summed E-state index contributed by atoms with van der Waals surface area (Å²) in [6.45, 7) is 2.33. The summed E-state index contributed by atoms with van der Waals surface area (Å²) in [4.78, 5) is 5.69. The standard InChI is InChI=1S/C57H39N3O/c1-2-39-54(37-31-45(35-17-5-3-6-18-35)56-48(32-37)43-30-29-36-19-9-10-22-40(36)55(43)61-56)44-25-11-14-26-49(44)58-57(39)60-51-28-16-13-24-42(51)47-33-46-41-23-12-15-27-50(41)59(52(46)34-53(47)60)38-20-7-4-8-21-38/h3-34,39,54H,2H2,1H3. The number of para-hydroxylation sites is 4. The van der Waals surface area contributed by atoms with Gasteiger partial charge in [-0.3, -0.25) is 4.57 Å². The highest BCUT2D eigenvalue weighted by atomic mass is 16.3. The van der Waals surface area contributed by atoms with Gasteiger partial charge >= 0.3 is 0 Å². The molecule has 4 nitrogen and oxygen atoms in total. The van der Waals surface area contributed by atoms with Gasteiger partial charge in [-0.1, -0.05) is 140 Å². The zero-order valence-electron chi connectivity index (χ0n) is 33.6. The fraction of sp³-hybridized carbons (Fsp3) is 0.0702. The number of hydrogen-bond acceptors (Lipinski definition) is 2. The molecule has 0 radical (unpaired) electrons. The van der Waals surface area contributed by atoms with Crippen LogP contribution in [-0.4, -0.2) is 15.0 Å². The molecule has 2 unspecified atom stereocenters. The molecule has 1 aliphatic rings. The maximum absolute atomic E-state index is 6.96. The highest BCUT2D eigenvalue weighted by molar-refractivity contribution is 6.22. The van der Waals surface area contributed by atoms with Crippen LogP contribution in [0.4, 0.5) is 5.69 Å². The Balaban J connectivity index is 1.09. The van der Waals surface area contributed by atoms with Gasteiger partial charge in [0.25, 0.3) is 0 Å². The molecule has 3 aromatic heterocycles. The van der Waals surface area contributed by atoms with Gasteiger partial charge in [-0.15, -0.1) is 0 Å². The van der Waals surface area contributed by atoms with Crippen LogP contribution in [0.5, 0.6) is 0 Å². The Bertz CT molecular complexity index is 3750. The molecule has 0 amide bonds. The maximum atomic E-state index is 6.96. The van der Waals surface area contributed by atoms with E-state index in [1.54, 1.807) is 0 Å². The van der Waals surface area contributed by atoms with Crippen molar-refractivity contribution in [3.63, 3.8) is 0 Å². The predicted molar refractivity (Wildman–Crippen MR) is 255 cm³/mol. The SMILES string of the molecule is CCC1C(n2c3ccccc3c3cc4c5ccccc5n(-c5ccccc5)c4cc32)=Nc2ccccc2C1c1cc(-c2ccccc2)c2oc3c4ccccc4ccc3c2c1. The van der Waals surface area contributed by atoms with Crippen molar-refractivity contribution in [2.24, 2.45) is 10.9 Å². The van der Waals surface area contributed by atoms with Crippen LogP contribution in [0.2, 0.25) is 0 Å². The van der Waals surface area contributed by atoms with Crippen LogP contribution in [0.1, 0.15) is 30.4 Å². The molecular weight excluding hydrogens is 743 g/mol. The van der Waals surface area contributed by atoms with Crippen LogP contribution in [0, 0.1) is 5.92 Å². The molecule has 0 spiro atoms. The van der Waals surface area contributed by atoms with E-state index in [1.165, 1.54) is 54.6 Å². The van der Waals surface area contributed by atoms with Crippen LogP contribution in [0.3, 0.4) is 0 Å². The largest absolute Gasteiger partial charge is 0.455 e. The van der Waals surface area contributed by atoms with Crippen LogP contribution in [-0.2, 0) is 0 Å². The molecule has 61 heavy (non-hydrogen) atoms. The Morgan fingerprint density at radius 2 is 1.11 bits per heavy atom. The van der Waals surface area contributed by atoms with Gasteiger partial charge in [0.2, 0.25) is 0 Å². The van der Waals surface area contributed by atoms with E-state index in [0.717, 1.165) is 67.6 Å². The van der Waals surface area contributed by atoms with E-state index >= 15 is 0 Å². The number of aliphatic imine (C=N–C) groups is 1. The van der Waals surface area contributed by atoms with E-state index in [2.05, 4.69) is 210 Å². The number of nitrogens with zero attached hydrogens (tertiary/aromatic N) is 3. The highest BCUT2D eigenvalue weighted by Gasteiger charge is 2.36. The molecule has 0 N–H and O–H groups in total. The average molecular weight is 782 g/mol. The third kappa shape index (κ3) is 4.96. The minimum Gasteiger partial charge on any atom is -0.455 e. The molecule has 12 aromatic rings. The van der Waals surface area contributed by atoms with Crippen molar-refractivity contribution in [3.05, 3.63) is 205 Å². The first kappa shape index (κ1) is 34.2. The Morgan fingerprint density at radius 3 is 1.89 bits per heavy atom. The van der Waals surface area contributed by atoms with E-state index in [0.29, 0.717) is 0 Å². The molecule has 0 bridgehead atoms. The van der Waals surface area contributed by atoms with Gasteiger partial charge in [0.15, 0.2) is 0 Å². The van der Waals surface area contributed by atoms with Crippen molar-refractivity contribution in [1.29, 1.82) is 0 Å². The first-order valence-electron chi connectivity index (χ1n) is 21.4. The lowest BCUT2D eigenvalue weighted by molar-refractivity contribution is 0.566. The quantitative estimate of drug-likeness (QED) is 0.175. The van der Waals surface area contributed by atoms with Gasteiger partial charge in [0.1, 0.15) is 17.0 Å². The van der Waals surface area contributed by atoms with Crippen molar-refractivity contribution in [2.45, 2.75) is 19.3 Å². The zero-order chi connectivity index (χ0) is 40.2. The molecule has 0 saturated carbocycles. The zero-order valence-corrected chi connectivity index (χ0v) is 33.6. The van der Waals surface area contributed by atoms with Crippen molar-refractivity contribution < 1.29 is 4.42 Å². The number of rotatable bonds is 4. The highest BCUT2D eigenvalue weighted by Crippen LogP contribution is 2.49. The van der Waals surface area contributed by atoms with Gasteiger partial charge in [-0.2, -0.15) is 0 Å². The van der Waals surface area contributed by atoms with Crippen molar-refractivity contribution in [2.75, 3.05) is 0 Å². The smallest absolute Gasteiger partial charge is 0.143 e. The van der Waals surface area contributed by atoms with Crippen LogP contribution in [0.25, 0.3) is 93.1 Å². The second-order valence-electron chi connectivity index (χ2n) is 16.5. The van der Waals surface area contributed by atoms with E-state index < -0.39 is 0 Å². The Hall–Kier alpha value is -7.69. The van der Waals surface area contributed by atoms with E-state index in [4.69, 9.17) is 9.41 Å². The fourth-order valence-corrected chi connectivity index (χ4v) is 10.6. The first-order chi connectivity index (χ1) is 30.2. The molecule has 9 aromatic carbocycles. The molecule has 0 aliphatic carbocycles. The third-order valence-corrected chi connectivity index (χ3v) is 13.3. The van der Waals surface area contributed by atoms with Crippen LogP contribution >= 0.6 is 0 Å². The van der Waals surface area contributed by atoms with Gasteiger partial charge in [-0.25, -0.2) is 4.99 Å². The number of benzene rings is 9.